The van der Waals surface area contributed by atoms with E-state index in [4.69, 9.17) is 4.52 Å². The Morgan fingerprint density at radius 1 is 1.00 bits per heavy atom. The largest absolute Gasteiger partial charge is 0.334 e. The molecule has 35 heavy (non-hydrogen) atoms. The summed E-state index contributed by atoms with van der Waals surface area (Å²) in [6.45, 7) is 3.83. The van der Waals surface area contributed by atoms with E-state index >= 15 is 0 Å². The zero-order valence-corrected chi connectivity index (χ0v) is 19.1. The van der Waals surface area contributed by atoms with Crippen molar-refractivity contribution < 1.29 is 18.1 Å². The number of halogens is 2. The molecule has 1 atom stereocenters. The average molecular weight is 472 g/mol. The van der Waals surface area contributed by atoms with Crippen LogP contribution in [0.4, 0.5) is 19.3 Å². The van der Waals surface area contributed by atoms with Crippen molar-refractivity contribution in [3.63, 3.8) is 0 Å². The van der Waals surface area contributed by atoms with Crippen LogP contribution in [0, 0.1) is 11.6 Å². The summed E-state index contributed by atoms with van der Waals surface area (Å²) in [5, 5.41) is 7.08. The molecule has 176 valence electrons. The molecule has 4 aromatic rings. The topological polar surface area (TPSA) is 71.3 Å². The van der Waals surface area contributed by atoms with Gasteiger partial charge >= 0.3 is 6.03 Å². The van der Waals surface area contributed by atoms with Gasteiger partial charge in [-0.25, -0.2) is 13.6 Å². The van der Waals surface area contributed by atoms with Gasteiger partial charge in [0, 0.05) is 11.3 Å². The summed E-state index contributed by atoms with van der Waals surface area (Å²) in [4.78, 5) is 19.2. The molecule has 2 heterocycles. The highest BCUT2D eigenvalue weighted by Gasteiger charge is 2.36. The third-order valence-corrected chi connectivity index (χ3v) is 6.03. The van der Waals surface area contributed by atoms with Crippen molar-refractivity contribution in [1.29, 1.82) is 0 Å². The molecule has 0 radical (unpaired) electrons. The van der Waals surface area contributed by atoms with Gasteiger partial charge in [-0.05, 0) is 66.9 Å². The molecule has 1 N–H and O–H groups in total. The van der Waals surface area contributed by atoms with Crippen molar-refractivity contribution in [2.75, 3.05) is 4.90 Å². The summed E-state index contributed by atoms with van der Waals surface area (Å²) in [5.74, 6) is -0.340. The number of urea groups is 1. The van der Waals surface area contributed by atoms with Crippen LogP contribution in [0.1, 0.15) is 36.9 Å². The van der Waals surface area contributed by atoms with E-state index in [2.05, 4.69) is 22.4 Å². The lowest BCUT2D eigenvalue weighted by Crippen LogP contribution is -2.46. The van der Waals surface area contributed by atoms with E-state index in [1.807, 2.05) is 24.3 Å². The number of nitrogens with zero attached hydrogens (tertiary/aromatic N) is 3. The number of carbonyl (C=O) groups excluding carboxylic acids is 1. The highest BCUT2D eigenvalue weighted by molar-refractivity contribution is 6.01. The Balaban J connectivity index is 1.64. The molecular formula is C27H22F2N4O2. The molecule has 1 aliphatic heterocycles. The van der Waals surface area contributed by atoms with Gasteiger partial charge in [-0.15, -0.1) is 0 Å². The van der Waals surface area contributed by atoms with E-state index in [0.29, 0.717) is 22.5 Å². The maximum absolute atomic E-state index is 14.0. The van der Waals surface area contributed by atoms with Gasteiger partial charge in [0.05, 0.1) is 17.3 Å². The summed E-state index contributed by atoms with van der Waals surface area (Å²) in [6.07, 6.45) is 0.886. The predicted octanol–water partition coefficient (Wildman–Crippen LogP) is 6.28. The Morgan fingerprint density at radius 2 is 1.74 bits per heavy atom. The Labute approximate surface area is 200 Å². The van der Waals surface area contributed by atoms with Gasteiger partial charge in [-0.3, -0.25) is 4.90 Å². The van der Waals surface area contributed by atoms with Crippen LogP contribution in [0.25, 0.3) is 17.0 Å². The number of hydrogen-bond acceptors (Lipinski definition) is 4. The minimum Gasteiger partial charge on any atom is -0.334 e. The molecule has 2 amide bonds. The molecule has 1 aliphatic rings. The predicted molar refractivity (Wildman–Crippen MR) is 128 cm³/mol. The summed E-state index contributed by atoms with van der Waals surface area (Å²) in [7, 11) is 0. The molecule has 5 rings (SSSR count). The summed E-state index contributed by atoms with van der Waals surface area (Å²) in [6, 6.07) is 18.5. The standard InChI is InChI=1S/C27H22F2N4O2/c1-3-17-7-9-18(10-8-17)24-23(26-31-25(32-35-26)19-11-13-20(28)14-12-19)16(2)33(27(34)30-24)22-6-4-5-21(29)15-22/h4-15,24H,3H2,1-2H3,(H,30,34). The van der Waals surface area contributed by atoms with Gasteiger partial charge in [-0.1, -0.05) is 42.4 Å². The number of anilines is 1. The van der Waals surface area contributed by atoms with Gasteiger partial charge in [-0.2, -0.15) is 4.98 Å². The fourth-order valence-corrected chi connectivity index (χ4v) is 4.19. The number of nitrogens with one attached hydrogen (secondary N) is 1. The maximum atomic E-state index is 14.0. The molecule has 0 bridgehead atoms. The molecule has 3 aromatic carbocycles. The first-order valence-corrected chi connectivity index (χ1v) is 11.2. The fraction of sp³-hybridized carbons (Fsp3) is 0.148. The van der Waals surface area contributed by atoms with Crippen LogP contribution in [0.3, 0.4) is 0 Å². The molecule has 0 spiro atoms. The zero-order valence-electron chi connectivity index (χ0n) is 19.1. The summed E-state index contributed by atoms with van der Waals surface area (Å²) < 4.78 is 33.0. The van der Waals surface area contributed by atoms with E-state index < -0.39 is 17.9 Å². The normalized spacial score (nSPS) is 15.9. The minimum atomic E-state index is -0.570. The number of carbonyl (C=O) groups is 1. The molecule has 6 nitrogen and oxygen atoms in total. The lowest BCUT2D eigenvalue weighted by Gasteiger charge is -2.35. The minimum absolute atomic E-state index is 0.202. The van der Waals surface area contributed by atoms with Gasteiger partial charge < -0.3 is 9.84 Å². The summed E-state index contributed by atoms with van der Waals surface area (Å²) >= 11 is 0. The number of benzene rings is 3. The van der Waals surface area contributed by atoms with Crippen LogP contribution in [0.5, 0.6) is 0 Å². The van der Waals surface area contributed by atoms with Gasteiger partial charge in [0.25, 0.3) is 5.89 Å². The number of aryl methyl sites for hydroxylation is 1. The van der Waals surface area contributed by atoms with E-state index in [9.17, 15) is 13.6 Å². The molecule has 0 fully saturated rings. The molecule has 8 heteroatoms. The second-order valence-corrected chi connectivity index (χ2v) is 8.22. The third kappa shape index (κ3) is 4.30. The summed E-state index contributed by atoms with van der Waals surface area (Å²) in [5.41, 5.74) is 4.07. The van der Waals surface area contributed by atoms with Crippen LogP contribution >= 0.6 is 0 Å². The number of allylic oxidation sites excluding steroid dienone is 1. The van der Waals surface area contributed by atoms with Crippen molar-refractivity contribution >= 4 is 17.3 Å². The van der Waals surface area contributed by atoms with E-state index in [1.54, 1.807) is 31.2 Å². The van der Waals surface area contributed by atoms with Crippen LogP contribution in [0.2, 0.25) is 0 Å². The first kappa shape index (κ1) is 22.5. The second-order valence-electron chi connectivity index (χ2n) is 8.22. The first-order valence-electron chi connectivity index (χ1n) is 11.2. The zero-order chi connectivity index (χ0) is 24.5. The second kappa shape index (κ2) is 9.13. The number of hydrogen-bond donors (Lipinski definition) is 1. The Hall–Kier alpha value is -4.33. The monoisotopic (exact) mass is 472 g/mol. The highest BCUT2D eigenvalue weighted by Crippen LogP contribution is 2.39. The van der Waals surface area contributed by atoms with Gasteiger partial charge in [0.2, 0.25) is 5.82 Å². The van der Waals surface area contributed by atoms with Crippen molar-refractivity contribution in [3.05, 3.63) is 107 Å². The van der Waals surface area contributed by atoms with Crippen LogP contribution < -0.4 is 10.2 Å². The molecule has 0 saturated heterocycles. The molecule has 1 aromatic heterocycles. The Kier molecular flexibility index (Phi) is 5.86. The Bertz CT molecular complexity index is 1410. The molecule has 0 saturated carbocycles. The van der Waals surface area contributed by atoms with Gasteiger partial charge in [0.15, 0.2) is 0 Å². The molecule has 0 aliphatic carbocycles. The van der Waals surface area contributed by atoms with Crippen LogP contribution in [0.15, 0.2) is 83.0 Å². The number of rotatable bonds is 5. The first-order chi connectivity index (χ1) is 16.9. The average Bonchev–Trinajstić information content (AvgIpc) is 3.34. The number of amides is 2. The third-order valence-electron chi connectivity index (χ3n) is 6.03. The van der Waals surface area contributed by atoms with E-state index in [1.165, 1.54) is 29.2 Å². The Morgan fingerprint density at radius 3 is 2.43 bits per heavy atom. The molecule has 1 unspecified atom stereocenters. The number of aromatic nitrogens is 2. The SMILES string of the molecule is CCc1ccc(C2NC(=O)N(c3cccc(F)c3)C(C)=C2c2nc(-c3ccc(F)cc3)no2)cc1. The highest BCUT2D eigenvalue weighted by atomic mass is 19.1. The lowest BCUT2D eigenvalue weighted by atomic mass is 9.93. The van der Waals surface area contributed by atoms with Crippen molar-refractivity contribution in [1.82, 2.24) is 15.5 Å². The molecular weight excluding hydrogens is 450 g/mol. The van der Waals surface area contributed by atoms with Crippen molar-refractivity contribution in [2.24, 2.45) is 0 Å². The van der Waals surface area contributed by atoms with Crippen LogP contribution in [-0.2, 0) is 6.42 Å². The van der Waals surface area contributed by atoms with E-state index in [0.717, 1.165) is 17.5 Å². The van der Waals surface area contributed by atoms with Crippen LogP contribution in [-0.4, -0.2) is 16.2 Å². The van der Waals surface area contributed by atoms with E-state index in [-0.39, 0.29) is 17.5 Å². The van der Waals surface area contributed by atoms with Gasteiger partial charge in [0.1, 0.15) is 11.6 Å². The van der Waals surface area contributed by atoms with Crippen molar-refractivity contribution in [2.45, 2.75) is 26.3 Å². The fourth-order valence-electron chi connectivity index (χ4n) is 4.19. The van der Waals surface area contributed by atoms with Crippen molar-refractivity contribution in [3.8, 4) is 11.4 Å². The quantitative estimate of drug-likeness (QED) is 0.371. The maximum Gasteiger partial charge on any atom is 0.327 e. The lowest BCUT2D eigenvalue weighted by molar-refractivity contribution is 0.244. The smallest absolute Gasteiger partial charge is 0.327 e.